The standard InChI is InChI=1S/C21H27N7.2ClH/c1-3-17(14-22-6-1)16-26-10-4-18(5-11-26)27-12-8-24-21(27)20-13-19-15-23-7-2-9-28(19)25-20;;/h1,3,6,8,12-14,18,23H,2,4-5,7,9-11,15-16H2;2*1H. The Morgan fingerprint density at radius 3 is 2.77 bits per heavy atom. The fraction of sp³-hybridized carbons (Fsp3) is 0.476. The highest BCUT2D eigenvalue weighted by Crippen LogP contribution is 2.29. The van der Waals surface area contributed by atoms with Gasteiger partial charge in [0.2, 0.25) is 0 Å². The molecule has 0 radical (unpaired) electrons. The molecule has 5 rings (SSSR count). The largest absolute Gasteiger partial charge is 0.326 e. The lowest BCUT2D eigenvalue weighted by molar-refractivity contribution is 0.180. The lowest BCUT2D eigenvalue weighted by Gasteiger charge is -2.33. The summed E-state index contributed by atoms with van der Waals surface area (Å²) in [6, 6.07) is 6.86. The topological polar surface area (TPSA) is 63.8 Å². The van der Waals surface area contributed by atoms with E-state index in [-0.39, 0.29) is 24.8 Å². The van der Waals surface area contributed by atoms with Gasteiger partial charge in [-0.25, -0.2) is 4.98 Å². The minimum atomic E-state index is 0. The quantitative estimate of drug-likeness (QED) is 0.661. The average molecular weight is 450 g/mol. The normalized spacial score (nSPS) is 17.5. The van der Waals surface area contributed by atoms with Crippen molar-refractivity contribution in [1.29, 1.82) is 0 Å². The van der Waals surface area contributed by atoms with Crippen LogP contribution >= 0.6 is 24.8 Å². The molecule has 30 heavy (non-hydrogen) atoms. The summed E-state index contributed by atoms with van der Waals surface area (Å²) in [5.74, 6) is 1.01. The fourth-order valence-corrected chi connectivity index (χ4v) is 4.38. The molecule has 0 spiro atoms. The van der Waals surface area contributed by atoms with Gasteiger partial charge in [-0.1, -0.05) is 6.07 Å². The molecule has 1 fully saturated rings. The number of nitrogens with one attached hydrogen (secondary N) is 1. The van der Waals surface area contributed by atoms with Gasteiger partial charge in [0.05, 0.1) is 5.69 Å². The van der Waals surface area contributed by atoms with Gasteiger partial charge < -0.3 is 9.88 Å². The second kappa shape index (κ2) is 10.4. The van der Waals surface area contributed by atoms with Crippen molar-refractivity contribution in [3.8, 4) is 11.5 Å². The molecule has 0 amide bonds. The van der Waals surface area contributed by atoms with Crippen LogP contribution in [0.5, 0.6) is 0 Å². The molecule has 0 aliphatic carbocycles. The Labute approximate surface area is 189 Å². The Morgan fingerprint density at radius 2 is 1.97 bits per heavy atom. The van der Waals surface area contributed by atoms with E-state index in [2.05, 4.69) is 47.8 Å². The first-order chi connectivity index (χ1) is 13.9. The van der Waals surface area contributed by atoms with E-state index in [9.17, 15) is 0 Å². The number of imidazole rings is 1. The summed E-state index contributed by atoms with van der Waals surface area (Å²) in [5.41, 5.74) is 3.55. The zero-order chi connectivity index (χ0) is 18.8. The molecule has 5 heterocycles. The first-order valence-electron chi connectivity index (χ1n) is 10.3. The van der Waals surface area contributed by atoms with E-state index in [4.69, 9.17) is 5.10 Å². The molecule has 3 aromatic rings. The Bertz CT molecular complexity index is 893. The molecule has 0 atom stereocenters. The average Bonchev–Trinajstić information content (AvgIpc) is 3.31. The van der Waals surface area contributed by atoms with Crippen molar-refractivity contribution in [2.24, 2.45) is 0 Å². The van der Waals surface area contributed by atoms with Crippen LogP contribution in [0.2, 0.25) is 0 Å². The molecule has 9 heteroatoms. The molecule has 1 saturated heterocycles. The Morgan fingerprint density at radius 1 is 1.10 bits per heavy atom. The van der Waals surface area contributed by atoms with Crippen molar-refractivity contribution in [2.75, 3.05) is 19.6 Å². The van der Waals surface area contributed by atoms with E-state index in [1.807, 2.05) is 24.7 Å². The van der Waals surface area contributed by atoms with Crippen molar-refractivity contribution in [1.82, 2.24) is 34.5 Å². The van der Waals surface area contributed by atoms with Crippen LogP contribution in [0.25, 0.3) is 11.5 Å². The maximum atomic E-state index is 4.86. The Hall–Kier alpha value is -1.93. The number of hydrogen-bond acceptors (Lipinski definition) is 5. The monoisotopic (exact) mass is 449 g/mol. The minimum absolute atomic E-state index is 0. The molecule has 0 bridgehead atoms. The van der Waals surface area contributed by atoms with Crippen molar-refractivity contribution >= 4 is 24.8 Å². The molecule has 7 nitrogen and oxygen atoms in total. The fourth-order valence-electron chi connectivity index (χ4n) is 4.38. The summed E-state index contributed by atoms with van der Waals surface area (Å²) in [4.78, 5) is 11.4. The van der Waals surface area contributed by atoms with Crippen LogP contribution in [0.3, 0.4) is 0 Å². The number of aromatic nitrogens is 5. The third-order valence-corrected chi connectivity index (χ3v) is 5.87. The molecular weight excluding hydrogens is 421 g/mol. The second-order valence-electron chi connectivity index (χ2n) is 7.80. The minimum Gasteiger partial charge on any atom is -0.326 e. The number of halogens is 2. The van der Waals surface area contributed by atoms with E-state index >= 15 is 0 Å². The van der Waals surface area contributed by atoms with E-state index < -0.39 is 0 Å². The highest BCUT2D eigenvalue weighted by molar-refractivity contribution is 5.85. The van der Waals surface area contributed by atoms with Crippen LogP contribution in [0.15, 0.2) is 43.0 Å². The number of piperidine rings is 1. The zero-order valence-electron chi connectivity index (χ0n) is 17.0. The highest BCUT2D eigenvalue weighted by atomic mass is 35.5. The third-order valence-electron chi connectivity index (χ3n) is 5.87. The van der Waals surface area contributed by atoms with Crippen LogP contribution in [0.4, 0.5) is 0 Å². The summed E-state index contributed by atoms with van der Waals surface area (Å²) in [6.07, 6.45) is 11.2. The van der Waals surface area contributed by atoms with E-state index in [1.54, 1.807) is 0 Å². The lowest BCUT2D eigenvalue weighted by Crippen LogP contribution is -2.34. The third kappa shape index (κ3) is 4.86. The SMILES string of the molecule is Cl.Cl.c1cncc(CN2CCC(n3ccnc3-c3cc4n(n3)CCCNC4)CC2)c1. The molecule has 3 aromatic heterocycles. The van der Waals surface area contributed by atoms with Crippen molar-refractivity contribution in [2.45, 2.75) is 44.9 Å². The van der Waals surface area contributed by atoms with E-state index in [1.165, 1.54) is 11.3 Å². The molecule has 0 unspecified atom stereocenters. The molecule has 0 saturated carbocycles. The highest BCUT2D eigenvalue weighted by Gasteiger charge is 2.24. The second-order valence-corrected chi connectivity index (χ2v) is 7.80. The number of likely N-dealkylation sites (tertiary alicyclic amines) is 1. The smallest absolute Gasteiger partial charge is 0.160 e. The number of aryl methyl sites for hydroxylation is 1. The number of fused-ring (bicyclic) bond motifs is 1. The Kier molecular flexibility index (Phi) is 7.88. The van der Waals surface area contributed by atoms with Crippen LogP contribution in [0, 0.1) is 0 Å². The van der Waals surface area contributed by atoms with Gasteiger partial charge in [0.1, 0.15) is 5.69 Å². The first kappa shape index (κ1) is 22.7. The van der Waals surface area contributed by atoms with Crippen molar-refractivity contribution in [3.63, 3.8) is 0 Å². The Balaban J connectivity index is 0.00000128. The van der Waals surface area contributed by atoms with Crippen LogP contribution in [-0.2, 0) is 19.6 Å². The number of hydrogen-bond donors (Lipinski definition) is 1. The molecular formula is C21H29Cl2N7. The van der Waals surface area contributed by atoms with Crippen LogP contribution in [0.1, 0.15) is 36.6 Å². The maximum absolute atomic E-state index is 4.86. The van der Waals surface area contributed by atoms with E-state index in [0.717, 1.165) is 70.0 Å². The maximum Gasteiger partial charge on any atom is 0.160 e. The molecule has 0 aromatic carbocycles. The summed E-state index contributed by atoms with van der Waals surface area (Å²) in [7, 11) is 0. The van der Waals surface area contributed by atoms with Crippen LogP contribution < -0.4 is 5.32 Å². The predicted molar refractivity (Wildman–Crippen MR) is 122 cm³/mol. The predicted octanol–water partition coefficient (Wildman–Crippen LogP) is 3.32. The first-order valence-corrected chi connectivity index (χ1v) is 10.3. The van der Waals surface area contributed by atoms with Gasteiger partial charge in [-0.15, -0.1) is 24.8 Å². The zero-order valence-corrected chi connectivity index (χ0v) is 18.6. The summed E-state index contributed by atoms with van der Waals surface area (Å²) in [5, 5.41) is 8.32. The number of nitrogens with zero attached hydrogens (tertiary/aromatic N) is 6. The summed E-state index contributed by atoms with van der Waals surface area (Å²) < 4.78 is 4.49. The lowest BCUT2D eigenvalue weighted by atomic mass is 10.0. The van der Waals surface area contributed by atoms with Gasteiger partial charge in [0, 0.05) is 63.6 Å². The molecule has 1 N–H and O–H groups in total. The van der Waals surface area contributed by atoms with Crippen molar-refractivity contribution in [3.05, 3.63) is 54.2 Å². The molecule has 162 valence electrons. The van der Waals surface area contributed by atoms with Gasteiger partial charge in [0.15, 0.2) is 5.82 Å². The summed E-state index contributed by atoms with van der Waals surface area (Å²) >= 11 is 0. The van der Waals surface area contributed by atoms with Crippen LogP contribution in [-0.4, -0.2) is 48.8 Å². The van der Waals surface area contributed by atoms with Gasteiger partial charge in [-0.2, -0.15) is 5.10 Å². The van der Waals surface area contributed by atoms with Gasteiger partial charge >= 0.3 is 0 Å². The number of pyridine rings is 1. The molecule has 2 aliphatic heterocycles. The number of rotatable bonds is 4. The van der Waals surface area contributed by atoms with Gasteiger partial charge in [-0.3, -0.25) is 14.6 Å². The van der Waals surface area contributed by atoms with Crippen molar-refractivity contribution < 1.29 is 0 Å². The van der Waals surface area contributed by atoms with E-state index in [0.29, 0.717) is 6.04 Å². The summed E-state index contributed by atoms with van der Waals surface area (Å²) in [6.45, 7) is 6.11. The molecule has 2 aliphatic rings. The van der Waals surface area contributed by atoms with Gasteiger partial charge in [0.25, 0.3) is 0 Å². The van der Waals surface area contributed by atoms with Gasteiger partial charge in [-0.05, 0) is 43.5 Å².